The Morgan fingerprint density at radius 3 is 2.95 bits per heavy atom. The predicted octanol–water partition coefficient (Wildman–Crippen LogP) is 1.47. The van der Waals surface area contributed by atoms with Gasteiger partial charge in [0, 0.05) is 12.0 Å². The molecule has 108 valence electrons. The van der Waals surface area contributed by atoms with Crippen LogP contribution >= 0.6 is 11.3 Å². The quantitative estimate of drug-likeness (QED) is 0.760. The van der Waals surface area contributed by atoms with Crippen LogP contribution in [0.2, 0.25) is 0 Å². The van der Waals surface area contributed by atoms with Crippen molar-refractivity contribution in [1.29, 1.82) is 0 Å². The van der Waals surface area contributed by atoms with Crippen LogP contribution in [-0.4, -0.2) is 30.7 Å². The van der Waals surface area contributed by atoms with E-state index in [2.05, 4.69) is 15.1 Å². The van der Waals surface area contributed by atoms with E-state index < -0.39 is 5.97 Å². The second-order valence-electron chi connectivity index (χ2n) is 4.56. The van der Waals surface area contributed by atoms with Crippen molar-refractivity contribution in [3.8, 4) is 10.7 Å². The van der Waals surface area contributed by atoms with Crippen molar-refractivity contribution in [2.45, 2.75) is 19.8 Å². The Morgan fingerprint density at radius 1 is 1.48 bits per heavy atom. The zero-order valence-electron chi connectivity index (χ0n) is 11.2. The van der Waals surface area contributed by atoms with Gasteiger partial charge in [0.2, 0.25) is 0 Å². The summed E-state index contributed by atoms with van der Waals surface area (Å²) < 4.78 is 1.26. The number of aliphatic carboxylic acids is 1. The van der Waals surface area contributed by atoms with Crippen LogP contribution in [0.3, 0.4) is 0 Å². The number of carboxylic acid groups (broad SMARTS) is 1. The lowest BCUT2D eigenvalue weighted by Crippen LogP contribution is -2.22. The molecular formula is C13H12N4O3S. The lowest BCUT2D eigenvalue weighted by molar-refractivity contribution is -0.136. The fourth-order valence-electron chi connectivity index (χ4n) is 2.10. The fourth-order valence-corrected chi connectivity index (χ4v) is 2.76. The smallest absolute Gasteiger partial charge is 0.303 e. The first-order valence-electron chi connectivity index (χ1n) is 6.30. The van der Waals surface area contributed by atoms with Gasteiger partial charge in [-0.25, -0.2) is 4.98 Å². The van der Waals surface area contributed by atoms with Crippen LogP contribution < -0.4 is 5.56 Å². The molecule has 0 aromatic carbocycles. The molecule has 0 unspecified atom stereocenters. The molecule has 0 spiro atoms. The number of hydrogen-bond donors (Lipinski definition) is 2. The lowest BCUT2D eigenvalue weighted by Gasteiger charge is -2.02. The normalized spacial score (nSPS) is 11.1. The molecule has 0 amide bonds. The highest BCUT2D eigenvalue weighted by Gasteiger charge is 2.15. The summed E-state index contributed by atoms with van der Waals surface area (Å²) in [5.74, 6) is -0.0767. The van der Waals surface area contributed by atoms with Crippen molar-refractivity contribution < 1.29 is 9.90 Å². The molecule has 0 bridgehead atoms. The highest BCUT2D eigenvalue weighted by atomic mass is 32.1. The molecule has 3 heterocycles. The third-order valence-corrected chi connectivity index (χ3v) is 4.02. The van der Waals surface area contributed by atoms with E-state index in [-0.39, 0.29) is 18.4 Å². The average molecular weight is 304 g/mol. The number of thiophene rings is 1. The summed E-state index contributed by atoms with van der Waals surface area (Å²) in [6.07, 6.45) is 0.0546. The van der Waals surface area contributed by atoms with Crippen molar-refractivity contribution in [2.75, 3.05) is 0 Å². The predicted molar refractivity (Wildman–Crippen MR) is 77.6 cm³/mol. The van der Waals surface area contributed by atoms with Gasteiger partial charge in [0.05, 0.1) is 10.6 Å². The molecule has 8 heteroatoms. The number of rotatable bonds is 4. The number of carboxylic acids is 1. The molecule has 0 radical (unpaired) electrons. The van der Waals surface area contributed by atoms with E-state index in [1.54, 1.807) is 6.92 Å². The Morgan fingerprint density at radius 2 is 2.29 bits per heavy atom. The van der Waals surface area contributed by atoms with Gasteiger partial charge in [-0.2, -0.15) is 9.50 Å². The average Bonchev–Trinajstić information content (AvgIpc) is 3.05. The Bertz CT molecular complexity index is 864. The lowest BCUT2D eigenvalue weighted by atomic mass is 10.1. The standard InChI is InChI=1S/C13H12N4O3S/c1-7-8(4-5-10(18)19)12(20)17-13(14-7)15-11(16-17)9-3-2-6-21-9/h2-3,6H,4-5H2,1H3,(H,18,19)(H,14,15,16). The number of aryl methyl sites for hydroxylation is 1. The van der Waals surface area contributed by atoms with Crippen molar-refractivity contribution in [3.05, 3.63) is 39.1 Å². The highest BCUT2D eigenvalue weighted by Crippen LogP contribution is 2.21. The van der Waals surface area contributed by atoms with Gasteiger partial charge in [0.1, 0.15) is 0 Å². The van der Waals surface area contributed by atoms with Crippen molar-refractivity contribution in [3.63, 3.8) is 0 Å². The zero-order chi connectivity index (χ0) is 15.0. The van der Waals surface area contributed by atoms with Gasteiger partial charge >= 0.3 is 5.97 Å². The minimum atomic E-state index is -0.942. The van der Waals surface area contributed by atoms with Crippen molar-refractivity contribution in [2.24, 2.45) is 0 Å². The monoisotopic (exact) mass is 304 g/mol. The second kappa shape index (κ2) is 5.13. The van der Waals surface area contributed by atoms with E-state index in [0.29, 0.717) is 22.9 Å². The molecule has 0 aliphatic heterocycles. The molecule has 0 saturated heterocycles. The molecular weight excluding hydrogens is 292 g/mol. The maximum Gasteiger partial charge on any atom is 0.303 e. The first-order chi connectivity index (χ1) is 10.1. The van der Waals surface area contributed by atoms with Crippen molar-refractivity contribution in [1.82, 2.24) is 19.6 Å². The minimum absolute atomic E-state index is 0.101. The van der Waals surface area contributed by atoms with Gasteiger partial charge < -0.3 is 5.11 Å². The number of nitrogens with zero attached hydrogens (tertiary/aromatic N) is 3. The summed E-state index contributed by atoms with van der Waals surface area (Å²) in [4.78, 5) is 32.6. The molecule has 0 aliphatic rings. The molecule has 0 atom stereocenters. The Balaban J connectivity index is 2.11. The maximum atomic E-state index is 12.4. The number of aromatic amines is 1. The van der Waals surface area contributed by atoms with Crippen LogP contribution in [0.15, 0.2) is 22.3 Å². The first-order valence-corrected chi connectivity index (χ1v) is 7.18. The Hall–Kier alpha value is -2.48. The first kappa shape index (κ1) is 13.5. The van der Waals surface area contributed by atoms with E-state index in [4.69, 9.17) is 5.11 Å². The van der Waals surface area contributed by atoms with Crippen LogP contribution in [-0.2, 0) is 11.2 Å². The molecule has 0 fully saturated rings. The summed E-state index contributed by atoms with van der Waals surface area (Å²) in [7, 11) is 0. The Kier molecular flexibility index (Phi) is 3.30. The molecule has 3 aromatic rings. The number of fused-ring (bicyclic) bond motifs is 1. The van der Waals surface area contributed by atoms with Crippen LogP contribution in [0.5, 0.6) is 0 Å². The van der Waals surface area contributed by atoms with E-state index in [9.17, 15) is 9.59 Å². The number of aromatic nitrogens is 4. The maximum absolute atomic E-state index is 12.4. The van der Waals surface area contributed by atoms with Gasteiger partial charge in [-0.05, 0) is 24.8 Å². The summed E-state index contributed by atoms with van der Waals surface area (Å²) in [6.45, 7) is 1.69. The van der Waals surface area contributed by atoms with E-state index in [1.165, 1.54) is 15.9 Å². The molecule has 7 nitrogen and oxygen atoms in total. The molecule has 3 rings (SSSR count). The van der Waals surface area contributed by atoms with Crippen molar-refractivity contribution >= 4 is 23.1 Å². The van der Waals surface area contributed by atoms with Gasteiger partial charge in [-0.15, -0.1) is 11.3 Å². The number of hydrogen-bond acceptors (Lipinski definition) is 5. The Labute approximate surface area is 122 Å². The summed E-state index contributed by atoms with van der Waals surface area (Å²) in [5.41, 5.74) is 0.621. The minimum Gasteiger partial charge on any atom is -0.481 e. The van der Waals surface area contributed by atoms with Crippen LogP contribution in [0, 0.1) is 6.92 Å². The van der Waals surface area contributed by atoms with Crippen LogP contribution in [0.1, 0.15) is 17.7 Å². The molecule has 0 saturated carbocycles. The van der Waals surface area contributed by atoms with E-state index in [1.807, 2.05) is 17.5 Å². The third kappa shape index (κ3) is 2.45. The molecule has 21 heavy (non-hydrogen) atoms. The van der Waals surface area contributed by atoms with Gasteiger partial charge in [-0.1, -0.05) is 6.07 Å². The van der Waals surface area contributed by atoms with E-state index in [0.717, 1.165) is 4.88 Å². The molecule has 2 N–H and O–H groups in total. The largest absolute Gasteiger partial charge is 0.481 e. The van der Waals surface area contributed by atoms with Gasteiger partial charge in [-0.3, -0.25) is 14.7 Å². The third-order valence-electron chi connectivity index (χ3n) is 3.14. The number of H-pyrrole nitrogens is 1. The van der Waals surface area contributed by atoms with E-state index >= 15 is 0 Å². The SMILES string of the molecule is Cc1nc2nc(-c3cccs3)[nH]n2c(=O)c1CCC(=O)O. The van der Waals surface area contributed by atoms with Gasteiger partial charge in [0.25, 0.3) is 11.3 Å². The summed E-state index contributed by atoms with van der Waals surface area (Å²) in [6, 6.07) is 3.79. The van der Waals surface area contributed by atoms with Gasteiger partial charge in [0.15, 0.2) is 5.82 Å². The van der Waals surface area contributed by atoms with Crippen LogP contribution in [0.25, 0.3) is 16.5 Å². The number of nitrogens with one attached hydrogen (secondary N) is 1. The molecule has 3 aromatic heterocycles. The highest BCUT2D eigenvalue weighted by molar-refractivity contribution is 7.13. The topological polar surface area (TPSA) is 100 Å². The van der Waals surface area contributed by atoms with Crippen LogP contribution in [0.4, 0.5) is 0 Å². The number of carbonyl (C=O) groups is 1. The second-order valence-corrected chi connectivity index (χ2v) is 5.51. The zero-order valence-corrected chi connectivity index (χ0v) is 12.0. The summed E-state index contributed by atoms with van der Waals surface area (Å²) in [5, 5.41) is 13.6. The fraction of sp³-hybridized carbons (Fsp3) is 0.231. The summed E-state index contributed by atoms with van der Waals surface area (Å²) >= 11 is 1.51. The molecule has 0 aliphatic carbocycles.